The Bertz CT molecular complexity index is 269. The van der Waals surface area contributed by atoms with Gasteiger partial charge in [0.15, 0.2) is 6.10 Å². The average molecular weight is 156 g/mol. The summed E-state index contributed by atoms with van der Waals surface area (Å²) >= 11 is 0. The van der Waals surface area contributed by atoms with E-state index in [-0.39, 0.29) is 0 Å². The van der Waals surface area contributed by atoms with E-state index in [1.54, 1.807) is 7.05 Å². The molecule has 0 aromatic carbocycles. The Morgan fingerprint density at radius 3 is 2.82 bits per heavy atom. The lowest BCUT2D eigenvalue weighted by Crippen LogP contribution is -2.09. The monoisotopic (exact) mass is 156 g/mol. The molecule has 60 valence electrons. The van der Waals surface area contributed by atoms with Crippen LogP contribution in [0.3, 0.4) is 0 Å². The Labute approximate surface area is 62.9 Å². The van der Waals surface area contributed by atoms with Crippen LogP contribution in [0, 0.1) is 0 Å². The maximum absolute atomic E-state index is 10.2. The first kappa shape index (κ1) is 7.74. The van der Waals surface area contributed by atoms with E-state index in [0.717, 1.165) is 0 Å². The van der Waals surface area contributed by atoms with Crippen molar-refractivity contribution in [2.45, 2.75) is 6.10 Å². The van der Waals surface area contributed by atoms with Gasteiger partial charge < -0.3 is 10.2 Å². The van der Waals surface area contributed by atoms with E-state index in [1.807, 2.05) is 0 Å². The molecule has 0 radical (unpaired) electrons. The minimum absolute atomic E-state index is 0.292. The number of nitrogens with zero attached hydrogens (tertiary/aromatic N) is 2. The molecule has 0 aliphatic carbocycles. The largest absolute Gasteiger partial charge is 0.479 e. The van der Waals surface area contributed by atoms with Gasteiger partial charge in [0.1, 0.15) is 0 Å². The first-order valence-corrected chi connectivity index (χ1v) is 3.00. The summed E-state index contributed by atoms with van der Waals surface area (Å²) in [4.78, 5) is 10.2. The summed E-state index contributed by atoms with van der Waals surface area (Å²) in [6, 6.07) is 0. The number of carboxylic acids is 1. The van der Waals surface area contributed by atoms with E-state index >= 15 is 0 Å². The number of aliphatic hydroxyl groups is 1. The van der Waals surface area contributed by atoms with Crippen LogP contribution in [-0.2, 0) is 11.8 Å². The molecule has 1 heterocycles. The number of carboxylic acid groups (broad SMARTS) is 1. The lowest BCUT2D eigenvalue weighted by atomic mass is 10.2. The highest BCUT2D eigenvalue weighted by molar-refractivity contribution is 5.73. The molecule has 1 atom stereocenters. The predicted molar refractivity (Wildman–Crippen MR) is 35.8 cm³/mol. The van der Waals surface area contributed by atoms with Crippen molar-refractivity contribution in [3.05, 3.63) is 18.0 Å². The highest BCUT2D eigenvalue weighted by atomic mass is 16.4. The van der Waals surface area contributed by atoms with Crippen molar-refractivity contribution in [1.29, 1.82) is 0 Å². The van der Waals surface area contributed by atoms with E-state index in [2.05, 4.69) is 5.10 Å². The second kappa shape index (κ2) is 2.71. The van der Waals surface area contributed by atoms with Crippen molar-refractivity contribution < 1.29 is 15.0 Å². The summed E-state index contributed by atoms with van der Waals surface area (Å²) in [6.45, 7) is 0. The second-order valence-corrected chi connectivity index (χ2v) is 2.19. The van der Waals surface area contributed by atoms with E-state index in [4.69, 9.17) is 10.2 Å². The minimum atomic E-state index is -1.47. The molecule has 1 aromatic rings. The molecule has 0 saturated carbocycles. The molecule has 11 heavy (non-hydrogen) atoms. The number of carbonyl (C=O) groups is 1. The number of hydrogen-bond acceptors (Lipinski definition) is 3. The van der Waals surface area contributed by atoms with Crippen LogP contribution < -0.4 is 0 Å². The fourth-order valence-electron chi connectivity index (χ4n) is 0.724. The van der Waals surface area contributed by atoms with Gasteiger partial charge >= 0.3 is 5.97 Å². The Hall–Kier alpha value is -1.36. The van der Waals surface area contributed by atoms with Crippen molar-refractivity contribution in [3.8, 4) is 0 Å². The van der Waals surface area contributed by atoms with Crippen LogP contribution in [-0.4, -0.2) is 26.0 Å². The molecule has 0 aliphatic rings. The molecule has 0 aliphatic heterocycles. The van der Waals surface area contributed by atoms with E-state index in [9.17, 15) is 4.79 Å². The van der Waals surface area contributed by atoms with Crippen LogP contribution in [0.4, 0.5) is 0 Å². The average Bonchev–Trinajstić information content (AvgIpc) is 2.34. The summed E-state index contributed by atoms with van der Waals surface area (Å²) in [5.74, 6) is -1.27. The fraction of sp³-hybridized carbons (Fsp3) is 0.333. The van der Waals surface area contributed by atoms with Crippen LogP contribution in [0.2, 0.25) is 0 Å². The van der Waals surface area contributed by atoms with Gasteiger partial charge in [0.25, 0.3) is 0 Å². The Morgan fingerprint density at radius 2 is 2.45 bits per heavy atom. The molecule has 0 amide bonds. The number of aromatic nitrogens is 2. The first-order valence-electron chi connectivity index (χ1n) is 3.00. The third-order valence-electron chi connectivity index (χ3n) is 1.27. The van der Waals surface area contributed by atoms with Gasteiger partial charge in [-0.3, -0.25) is 4.68 Å². The Morgan fingerprint density at radius 1 is 1.82 bits per heavy atom. The quantitative estimate of drug-likeness (QED) is 0.607. The lowest BCUT2D eigenvalue weighted by Gasteiger charge is -1.98. The van der Waals surface area contributed by atoms with Crippen LogP contribution in [0.1, 0.15) is 11.7 Å². The van der Waals surface area contributed by atoms with Crippen molar-refractivity contribution in [1.82, 2.24) is 9.78 Å². The highest BCUT2D eigenvalue weighted by Crippen LogP contribution is 2.10. The van der Waals surface area contributed by atoms with Crippen molar-refractivity contribution >= 4 is 5.97 Å². The molecule has 0 saturated heterocycles. The number of aryl methyl sites for hydroxylation is 1. The number of rotatable bonds is 2. The topological polar surface area (TPSA) is 75.4 Å². The summed E-state index contributed by atoms with van der Waals surface area (Å²) < 4.78 is 1.43. The van der Waals surface area contributed by atoms with Crippen LogP contribution in [0.25, 0.3) is 0 Å². The highest BCUT2D eigenvalue weighted by Gasteiger charge is 2.16. The Balaban J connectivity index is 2.84. The smallest absolute Gasteiger partial charge is 0.337 e. The van der Waals surface area contributed by atoms with Gasteiger partial charge in [-0.2, -0.15) is 5.10 Å². The molecule has 2 N–H and O–H groups in total. The zero-order chi connectivity index (χ0) is 8.43. The van der Waals surface area contributed by atoms with Gasteiger partial charge in [0.05, 0.1) is 6.20 Å². The summed E-state index contributed by atoms with van der Waals surface area (Å²) in [5, 5.41) is 21.0. The number of aliphatic carboxylic acids is 1. The molecule has 1 rings (SSSR count). The zero-order valence-corrected chi connectivity index (χ0v) is 5.93. The van der Waals surface area contributed by atoms with Gasteiger partial charge in [-0.25, -0.2) is 4.79 Å². The molecule has 1 unspecified atom stereocenters. The predicted octanol–water partition coefficient (Wildman–Crippen LogP) is -0.462. The third kappa shape index (κ3) is 1.56. The zero-order valence-electron chi connectivity index (χ0n) is 5.93. The number of hydrogen-bond donors (Lipinski definition) is 2. The standard InChI is InChI=1S/C6H8N2O3/c1-8-3-4(2-7-8)5(9)6(10)11/h2-3,5,9H,1H3,(H,10,11). The van der Waals surface area contributed by atoms with Crippen molar-refractivity contribution in [2.24, 2.45) is 7.05 Å². The molecular weight excluding hydrogens is 148 g/mol. The lowest BCUT2D eigenvalue weighted by molar-refractivity contribution is -0.146. The fourth-order valence-corrected chi connectivity index (χ4v) is 0.724. The van der Waals surface area contributed by atoms with Gasteiger partial charge in [-0.1, -0.05) is 0 Å². The summed E-state index contributed by atoms with van der Waals surface area (Å²) in [5.41, 5.74) is 0.292. The van der Waals surface area contributed by atoms with Gasteiger partial charge in [-0.05, 0) is 0 Å². The van der Waals surface area contributed by atoms with Gasteiger partial charge in [-0.15, -0.1) is 0 Å². The minimum Gasteiger partial charge on any atom is -0.479 e. The maximum atomic E-state index is 10.2. The number of aliphatic hydroxyl groups excluding tert-OH is 1. The van der Waals surface area contributed by atoms with E-state index < -0.39 is 12.1 Å². The summed E-state index contributed by atoms with van der Waals surface area (Å²) in [6.07, 6.45) is 1.31. The van der Waals surface area contributed by atoms with Crippen LogP contribution in [0.5, 0.6) is 0 Å². The van der Waals surface area contributed by atoms with Crippen molar-refractivity contribution in [2.75, 3.05) is 0 Å². The third-order valence-corrected chi connectivity index (χ3v) is 1.27. The molecule has 0 spiro atoms. The SMILES string of the molecule is Cn1cc(C(O)C(=O)O)cn1. The maximum Gasteiger partial charge on any atom is 0.337 e. The molecule has 5 heteroatoms. The first-order chi connectivity index (χ1) is 5.11. The molecule has 0 fully saturated rings. The summed E-state index contributed by atoms with van der Waals surface area (Å²) in [7, 11) is 1.65. The second-order valence-electron chi connectivity index (χ2n) is 2.19. The molecule has 0 bridgehead atoms. The van der Waals surface area contributed by atoms with E-state index in [0.29, 0.717) is 5.56 Å². The molecule has 1 aromatic heterocycles. The van der Waals surface area contributed by atoms with E-state index in [1.165, 1.54) is 17.1 Å². The molecule has 5 nitrogen and oxygen atoms in total. The molecular formula is C6H8N2O3. The van der Waals surface area contributed by atoms with Gasteiger partial charge in [0.2, 0.25) is 0 Å². The Kier molecular flexibility index (Phi) is 1.91. The van der Waals surface area contributed by atoms with Crippen LogP contribution >= 0.6 is 0 Å². The van der Waals surface area contributed by atoms with Crippen LogP contribution in [0.15, 0.2) is 12.4 Å². The normalized spacial score (nSPS) is 12.9. The van der Waals surface area contributed by atoms with Crippen molar-refractivity contribution in [3.63, 3.8) is 0 Å². The van der Waals surface area contributed by atoms with Gasteiger partial charge in [0, 0.05) is 18.8 Å².